The first-order valence-electron chi connectivity index (χ1n) is 3.05. The summed E-state index contributed by atoms with van der Waals surface area (Å²) in [6.07, 6.45) is 0. The van der Waals surface area contributed by atoms with Gasteiger partial charge in [0.15, 0.2) is 0 Å². The van der Waals surface area contributed by atoms with Gasteiger partial charge in [-0.25, -0.2) is 8.42 Å². The molecule has 0 N–H and O–H groups in total. The van der Waals surface area contributed by atoms with Crippen LogP contribution in [0.5, 0.6) is 0 Å². The molecule has 11 heavy (non-hydrogen) atoms. The Labute approximate surface area is 75.3 Å². The zero-order valence-corrected chi connectivity index (χ0v) is 8.14. The van der Waals surface area contributed by atoms with Crippen molar-refractivity contribution in [3.8, 4) is 0 Å². The molecule has 60 valence electrons. The van der Waals surface area contributed by atoms with E-state index in [-0.39, 0.29) is 5.75 Å². The average molecular weight is 235 g/mol. The van der Waals surface area contributed by atoms with E-state index in [1.54, 1.807) is 12.1 Å². The molecule has 1 aromatic carbocycles. The average Bonchev–Trinajstić information content (AvgIpc) is 1.85. The third-order valence-electron chi connectivity index (χ3n) is 1.20. The Kier molecular flexibility index (Phi) is 3.08. The molecular formula is C7H7BrO2S. The van der Waals surface area contributed by atoms with Crippen molar-refractivity contribution in [2.24, 2.45) is 0 Å². The number of rotatable bonds is 2. The molecule has 0 fully saturated rings. The van der Waals surface area contributed by atoms with Crippen molar-refractivity contribution >= 4 is 26.6 Å². The predicted octanol–water partition coefficient (Wildman–Crippen LogP) is 1.56. The second-order valence-electron chi connectivity index (χ2n) is 2.12. The zero-order chi connectivity index (χ0) is 8.27. The first-order chi connectivity index (χ1) is 5.18. The Morgan fingerprint density at radius 1 is 1.36 bits per heavy atom. The van der Waals surface area contributed by atoms with E-state index in [9.17, 15) is 8.42 Å². The van der Waals surface area contributed by atoms with Gasteiger partial charge in [0.1, 0.15) is 10.7 Å². The molecular weight excluding hydrogens is 228 g/mol. The standard InChI is InChI=1S/C7H7BrO2S/c8-7-3-1-2-6(4-7)5-11(9)10/h1-4,11H,5H2. The highest BCUT2D eigenvalue weighted by molar-refractivity contribution is 9.10. The molecule has 2 nitrogen and oxygen atoms in total. The van der Waals surface area contributed by atoms with E-state index < -0.39 is 10.7 Å². The van der Waals surface area contributed by atoms with Gasteiger partial charge >= 0.3 is 0 Å². The number of halogens is 1. The lowest BCUT2D eigenvalue weighted by Crippen LogP contribution is -1.85. The Balaban J connectivity index is 2.87. The second kappa shape index (κ2) is 3.88. The molecule has 0 aromatic heterocycles. The molecule has 1 rings (SSSR count). The summed E-state index contributed by atoms with van der Waals surface area (Å²) in [6.45, 7) is 0. The van der Waals surface area contributed by atoms with Crippen molar-refractivity contribution < 1.29 is 8.42 Å². The minimum Gasteiger partial charge on any atom is -0.232 e. The summed E-state index contributed by atoms with van der Waals surface area (Å²) >= 11 is 3.26. The Morgan fingerprint density at radius 2 is 2.09 bits per heavy atom. The predicted molar refractivity (Wildman–Crippen MR) is 48.2 cm³/mol. The normalized spacial score (nSPS) is 10.4. The molecule has 0 aliphatic carbocycles. The van der Waals surface area contributed by atoms with E-state index in [0.29, 0.717) is 0 Å². The summed E-state index contributed by atoms with van der Waals surface area (Å²) in [5.74, 6) is 0.120. The van der Waals surface area contributed by atoms with Gasteiger partial charge in [0.25, 0.3) is 0 Å². The van der Waals surface area contributed by atoms with Crippen LogP contribution in [-0.4, -0.2) is 8.42 Å². The van der Waals surface area contributed by atoms with Crippen LogP contribution in [0.3, 0.4) is 0 Å². The lowest BCUT2D eigenvalue weighted by Gasteiger charge is -1.94. The van der Waals surface area contributed by atoms with Gasteiger partial charge in [-0.1, -0.05) is 28.1 Å². The minimum atomic E-state index is -2.31. The fourth-order valence-electron chi connectivity index (χ4n) is 0.784. The molecule has 0 heterocycles. The van der Waals surface area contributed by atoms with Crippen molar-refractivity contribution in [2.75, 3.05) is 0 Å². The van der Waals surface area contributed by atoms with Crippen LogP contribution in [0.4, 0.5) is 0 Å². The van der Waals surface area contributed by atoms with Crippen LogP contribution < -0.4 is 0 Å². The van der Waals surface area contributed by atoms with E-state index in [0.717, 1.165) is 10.0 Å². The molecule has 0 amide bonds. The molecule has 0 unspecified atom stereocenters. The first-order valence-corrected chi connectivity index (χ1v) is 5.20. The monoisotopic (exact) mass is 234 g/mol. The van der Waals surface area contributed by atoms with Gasteiger partial charge in [0, 0.05) is 4.47 Å². The SMILES string of the molecule is O=[SH](=O)Cc1cccc(Br)c1. The summed E-state index contributed by atoms with van der Waals surface area (Å²) < 4.78 is 21.5. The molecule has 0 atom stereocenters. The molecule has 0 saturated carbocycles. The molecule has 0 aliphatic rings. The van der Waals surface area contributed by atoms with Crippen LogP contribution in [0.1, 0.15) is 5.56 Å². The van der Waals surface area contributed by atoms with Gasteiger partial charge in [0.05, 0.1) is 5.75 Å². The molecule has 1 aromatic rings. The Morgan fingerprint density at radius 3 is 2.64 bits per heavy atom. The molecule has 0 radical (unpaired) electrons. The van der Waals surface area contributed by atoms with Crippen molar-refractivity contribution in [3.05, 3.63) is 34.3 Å². The Bertz CT molecular complexity index is 312. The smallest absolute Gasteiger partial charge is 0.144 e. The maximum atomic E-state index is 10.3. The summed E-state index contributed by atoms with van der Waals surface area (Å²) in [7, 11) is -2.31. The van der Waals surface area contributed by atoms with Crippen molar-refractivity contribution in [1.29, 1.82) is 0 Å². The maximum absolute atomic E-state index is 10.3. The number of hydrogen-bond donors (Lipinski definition) is 1. The minimum absolute atomic E-state index is 0.120. The topological polar surface area (TPSA) is 34.1 Å². The molecule has 0 bridgehead atoms. The first kappa shape index (κ1) is 8.74. The van der Waals surface area contributed by atoms with Gasteiger partial charge < -0.3 is 0 Å². The van der Waals surface area contributed by atoms with E-state index in [2.05, 4.69) is 15.9 Å². The highest BCUT2D eigenvalue weighted by Gasteiger charge is 1.93. The fraction of sp³-hybridized carbons (Fsp3) is 0.143. The molecule has 0 saturated heterocycles. The molecule has 0 spiro atoms. The van der Waals surface area contributed by atoms with E-state index in [4.69, 9.17) is 0 Å². The van der Waals surface area contributed by atoms with Gasteiger partial charge in [0.2, 0.25) is 0 Å². The van der Waals surface area contributed by atoms with Gasteiger partial charge in [-0.05, 0) is 17.7 Å². The van der Waals surface area contributed by atoms with Crippen molar-refractivity contribution in [1.82, 2.24) is 0 Å². The van der Waals surface area contributed by atoms with Gasteiger partial charge in [-0.3, -0.25) is 0 Å². The number of benzene rings is 1. The summed E-state index contributed by atoms with van der Waals surface area (Å²) in [6, 6.07) is 7.26. The van der Waals surface area contributed by atoms with Crippen LogP contribution in [0, 0.1) is 0 Å². The second-order valence-corrected chi connectivity index (χ2v) is 4.02. The quantitative estimate of drug-likeness (QED) is 0.789. The summed E-state index contributed by atoms with van der Waals surface area (Å²) in [5.41, 5.74) is 0.815. The lowest BCUT2D eigenvalue weighted by atomic mass is 10.2. The molecule has 4 heteroatoms. The van der Waals surface area contributed by atoms with Crippen LogP contribution in [-0.2, 0) is 16.5 Å². The fourth-order valence-corrected chi connectivity index (χ4v) is 1.73. The van der Waals surface area contributed by atoms with E-state index >= 15 is 0 Å². The van der Waals surface area contributed by atoms with Crippen LogP contribution >= 0.6 is 15.9 Å². The van der Waals surface area contributed by atoms with Gasteiger partial charge in [-0.15, -0.1) is 0 Å². The van der Waals surface area contributed by atoms with Crippen LogP contribution in [0.2, 0.25) is 0 Å². The number of thiol groups is 1. The maximum Gasteiger partial charge on any atom is 0.144 e. The zero-order valence-electron chi connectivity index (χ0n) is 5.66. The Hall–Kier alpha value is -0.350. The lowest BCUT2D eigenvalue weighted by molar-refractivity contribution is 0.614. The van der Waals surface area contributed by atoms with E-state index in [1.165, 1.54) is 0 Å². The largest absolute Gasteiger partial charge is 0.232 e. The van der Waals surface area contributed by atoms with Crippen molar-refractivity contribution in [2.45, 2.75) is 5.75 Å². The highest BCUT2D eigenvalue weighted by atomic mass is 79.9. The number of hydrogen-bond acceptors (Lipinski definition) is 2. The van der Waals surface area contributed by atoms with Crippen molar-refractivity contribution in [3.63, 3.8) is 0 Å². The van der Waals surface area contributed by atoms with Crippen LogP contribution in [0.25, 0.3) is 0 Å². The van der Waals surface area contributed by atoms with E-state index in [1.807, 2.05) is 12.1 Å². The third kappa shape index (κ3) is 3.03. The summed E-state index contributed by atoms with van der Waals surface area (Å²) in [4.78, 5) is 0. The summed E-state index contributed by atoms with van der Waals surface area (Å²) in [5, 5.41) is 0. The molecule has 0 aliphatic heterocycles. The van der Waals surface area contributed by atoms with Gasteiger partial charge in [-0.2, -0.15) is 0 Å². The third-order valence-corrected chi connectivity index (χ3v) is 2.32. The van der Waals surface area contributed by atoms with Crippen LogP contribution in [0.15, 0.2) is 28.7 Å². The highest BCUT2D eigenvalue weighted by Crippen LogP contribution is 2.11.